The summed E-state index contributed by atoms with van der Waals surface area (Å²) < 4.78 is 32.4. The van der Waals surface area contributed by atoms with E-state index < -0.39 is 21.9 Å². The third-order valence-corrected chi connectivity index (χ3v) is 7.82. The number of nitrogens with zero attached hydrogens (tertiary/aromatic N) is 2. The number of hydrogen-bond donors (Lipinski definition) is 1. The van der Waals surface area contributed by atoms with Crippen LogP contribution in [0.2, 0.25) is 5.02 Å². The van der Waals surface area contributed by atoms with Crippen molar-refractivity contribution in [1.29, 1.82) is 0 Å². The van der Waals surface area contributed by atoms with Crippen molar-refractivity contribution >= 4 is 50.5 Å². The molecule has 0 spiro atoms. The molecular formula is C19H22ClN3O5S2. The van der Waals surface area contributed by atoms with Crippen LogP contribution in [0, 0.1) is 0 Å². The van der Waals surface area contributed by atoms with Crippen LogP contribution in [0.15, 0.2) is 40.6 Å². The van der Waals surface area contributed by atoms with Crippen LogP contribution in [0.1, 0.15) is 16.6 Å². The molecule has 162 valence electrons. The van der Waals surface area contributed by atoms with E-state index in [0.717, 1.165) is 17.0 Å². The Kier molecular flexibility index (Phi) is 7.35. The zero-order valence-electron chi connectivity index (χ0n) is 16.3. The molecule has 11 heteroatoms. The fourth-order valence-corrected chi connectivity index (χ4v) is 5.95. The molecule has 1 aromatic heterocycles. The molecule has 0 saturated carbocycles. The van der Waals surface area contributed by atoms with Crippen LogP contribution >= 0.6 is 22.9 Å². The molecule has 0 unspecified atom stereocenters. The summed E-state index contributed by atoms with van der Waals surface area (Å²) >= 11 is 6.94. The molecule has 2 aromatic rings. The number of rotatable bonds is 7. The van der Waals surface area contributed by atoms with E-state index in [1.165, 1.54) is 10.4 Å². The van der Waals surface area contributed by atoms with Crippen molar-refractivity contribution in [3.8, 4) is 0 Å². The highest BCUT2D eigenvalue weighted by Gasteiger charge is 2.32. The van der Waals surface area contributed by atoms with Crippen LogP contribution < -0.4 is 10.2 Å². The number of ether oxygens (including phenoxy) is 1. The van der Waals surface area contributed by atoms with E-state index >= 15 is 0 Å². The molecule has 0 atom stereocenters. The zero-order chi connectivity index (χ0) is 21.7. The van der Waals surface area contributed by atoms with E-state index in [9.17, 15) is 18.0 Å². The molecule has 1 aromatic carbocycles. The lowest BCUT2D eigenvalue weighted by molar-refractivity contribution is -0.141. The molecule has 1 amide bonds. The van der Waals surface area contributed by atoms with Gasteiger partial charge in [-0.2, -0.15) is 4.31 Å². The second kappa shape index (κ2) is 9.78. The first-order valence-corrected chi connectivity index (χ1v) is 12.0. The van der Waals surface area contributed by atoms with Crippen LogP contribution in [0.5, 0.6) is 0 Å². The Morgan fingerprint density at radius 2 is 1.80 bits per heavy atom. The summed E-state index contributed by atoms with van der Waals surface area (Å²) in [6.07, 6.45) is 0. The van der Waals surface area contributed by atoms with Crippen molar-refractivity contribution in [2.45, 2.75) is 11.8 Å². The number of carbonyl (C=O) groups is 2. The van der Waals surface area contributed by atoms with Gasteiger partial charge in [0.2, 0.25) is 10.0 Å². The van der Waals surface area contributed by atoms with E-state index in [0.29, 0.717) is 31.2 Å². The van der Waals surface area contributed by atoms with Gasteiger partial charge in [0.15, 0.2) is 0 Å². The Labute approximate surface area is 184 Å². The fourth-order valence-electron chi connectivity index (χ4n) is 3.09. The Balaban J connectivity index is 1.67. The SMILES string of the molecule is CCOC(=O)CNC(=O)c1sccc1S(=O)(=O)N1CCN(c2ccc(Cl)cc2)CC1. The molecule has 1 aliphatic heterocycles. The monoisotopic (exact) mass is 471 g/mol. The van der Waals surface area contributed by atoms with E-state index in [1.807, 2.05) is 12.1 Å². The quantitative estimate of drug-likeness (QED) is 0.622. The lowest BCUT2D eigenvalue weighted by Gasteiger charge is -2.35. The van der Waals surface area contributed by atoms with E-state index in [-0.39, 0.29) is 22.9 Å². The summed E-state index contributed by atoms with van der Waals surface area (Å²) in [6.45, 7) is 3.19. The number of anilines is 1. The van der Waals surface area contributed by atoms with Crippen LogP contribution in [0.4, 0.5) is 5.69 Å². The average molecular weight is 472 g/mol. The lowest BCUT2D eigenvalue weighted by atomic mass is 10.2. The van der Waals surface area contributed by atoms with Crippen LogP contribution in [0.3, 0.4) is 0 Å². The number of benzene rings is 1. The van der Waals surface area contributed by atoms with Gasteiger partial charge in [-0.05, 0) is 42.6 Å². The largest absolute Gasteiger partial charge is 0.465 e. The second-order valence-corrected chi connectivity index (χ2v) is 9.73. The standard InChI is InChI=1S/C19H22ClN3O5S2/c1-2-28-17(24)13-21-19(25)18-16(7-12-29-18)30(26,27)23-10-8-22(9-11-23)15-5-3-14(20)4-6-15/h3-7,12H,2,8-11,13H2,1H3,(H,21,25). The van der Waals surface area contributed by atoms with E-state index in [1.54, 1.807) is 24.4 Å². The zero-order valence-corrected chi connectivity index (χ0v) is 18.7. The predicted molar refractivity (Wildman–Crippen MR) is 116 cm³/mol. The van der Waals surface area contributed by atoms with Gasteiger partial charge in [0.05, 0.1) is 6.61 Å². The summed E-state index contributed by atoms with van der Waals surface area (Å²) in [5.41, 5.74) is 0.978. The van der Waals surface area contributed by atoms with Crippen LogP contribution in [-0.2, 0) is 19.6 Å². The molecule has 2 heterocycles. The number of esters is 1. The maximum atomic E-state index is 13.1. The second-order valence-electron chi connectivity index (χ2n) is 6.47. The van der Waals surface area contributed by atoms with E-state index in [2.05, 4.69) is 10.2 Å². The maximum Gasteiger partial charge on any atom is 0.325 e. The molecule has 1 fully saturated rings. The van der Waals surface area contributed by atoms with Gasteiger partial charge in [-0.25, -0.2) is 8.42 Å². The third-order valence-electron chi connectivity index (χ3n) is 4.58. The first-order chi connectivity index (χ1) is 14.3. The maximum absolute atomic E-state index is 13.1. The van der Waals surface area contributed by atoms with Gasteiger partial charge in [0.1, 0.15) is 16.3 Å². The van der Waals surface area contributed by atoms with E-state index in [4.69, 9.17) is 16.3 Å². The smallest absolute Gasteiger partial charge is 0.325 e. The average Bonchev–Trinajstić information content (AvgIpc) is 3.24. The van der Waals surface area contributed by atoms with Gasteiger partial charge in [-0.3, -0.25) is 9.59 Å². The third kappa shape index (κ3) is 5.12. The Bertz CT molecular complexity index is 999. The molecule has 3 rings (SSSR count). The summed E-state index contributed by atoms with van der Waals surface area (Å²) in [7, 11) is -3.84. The van der Waals surface area contributed by atoms with Crippen molar-refractivity contribution in [2.75, 3.05) is 44.2 Å². The molecule has 8 nitrogen and oxygen atoms in total. The van der Waals surface area contributed by atoms with Crippen molar-refractivity contribution in [2.24, 2.45) is 0 Å². The molecule has 1 N–H and O–H groups in total. The van der Waals surface area contributed by atoms with Gasteiger partial charge in [0.25, 0.3) is 5.91 Å². The van der Waals surface area contributed by atoms with Crippen LogP contribution in [0.25, 0.3) is 0 Å². The minimum Gasteiger partial charge on any atom is -0.465 e. The highest BCUT2D eigenvalue weighted by Crippen LogP contribution is 2.27. The number of carbonyl (C=O) groups excluding carboxylic acids is 2. The Morgan fingerprint density at radius 3 is 2.43 bits per heavy atom. The van der Waals surface area contributed by atoms with Crippen molar-refractivity contribution in [3.63, 3.8) is 0 Å². The molecule has 30 heavy (non-hydrogen) atoms. The summed E-state index contributed by atoms with van der Waals surface area (Å²) in [6, 6.07) is 8.82. The van der Waals surface area contributed by atoms with Crippen molar-refractivity contribution in [1.82, 2.24) is 9.62 Å². The molecule has 0 aliphatic carbocycles. The van der Waals surface area contributed by atoms with Gasteiger partial charge in [-0.1, -0.05) is 11.6 Å². The highest BCUT2D eigenvalue weighted by atomic mass is 35.5. The number of sulfonamides is 1. The number of amides is 1. The lowest BCUT2D eigenvalue weighted by Crippen LogP contribution is -2.48. The van der Waals surface area contributed by atoms with Crippen LogP contribution in [-0.4, -0.2) is 63.9 Å². The number of nitrogens with one attached hydrogen (secondary N) is 1. The van der Waals surface area contributed by atoms with Crippen molar-refractivity contribution < 1.29 is 22.7 Å². The predicted octanol–water partition coefficient (Wildman–Crippen LogP) is 2.21. The summed E-state index contributed by atoms with van der Waals surface area (Å²) in [4.78, 5) is 26.0. The number of thiophene rings is 1. The van der Waals surface area contributed by atoms with Gasteiger partial charge < -0.3 is 15.0 Å². The minimum atomic E-state index is -3.84. The molecule has 1 aliphatic rings. The fraction of sp³-hybridized carbons (Fsp3) is 0.368. The molecular weight excluding hydrogens is 450 g/mol. The topological polar surface area (TPSA) is 96.0 Å². The molecule has 0 radical (unpaired) electrons. The van der Waals surface area contributed by atoms with Gasteiger partial charge in [0, 0.05) is 36.9 Å². The summed E-state index contributed by atoms with van der Waals surface area (Å²) in [5, 5.41) is 4.61. The Morgan fingerprint density at radius 1 is 1.13 bits per heavy atom. The number of halogens is 1. The molecule has 0 bridgehead atoms. The minimum absolute atomic E-state index is 0.0474. The van der Waals surface area contributed by atoms with Crippen molar-refractivity contribution in [3.05, 3.63) is 45.6 Å². The first kappa shape index (κ1) is 22.5. The normalized spacial score (nSPS) is 15.1. The first-order valence-electron chi connectivity index (χ1n) is 9.35. The summed E-state index contributed by atoms with van der Waals surface area (Å²) in [5.74, 6) is -1.19. The highest BCUT2D eigenvalue weighted by molar-refractivity contribution is 7.89. The number of hydrogen-bond acceptors (Lipinski definition) is 7. The number of piperazine rings is 1. The van der Waals surface area contributed by atoms with Gasteiger partial charge in [-0.15, -0.1) is 11.3 Å². The van der Waals surface area contributed by atoms with Gasteiger partial charge >= 0.3 is 5.97 Å². The Hall–Kier alpha value is -2.14. The molecule has 1 saturated heterocycles.